The van der Waals surface area contributed by atoms with E-state index in [1.165, 1.54) is 30.6 Å². The molecule has 0 bridgehead atoms. The molecule has 2 aromatic carbocycles. The monoisotopic (exact) mass is 517 g/mol. The number of fused-ring (bicyclic) bond motifs is 1. The van der Waals surface area contributed by atoms with E-state index in [2.05, 4.69) is 4.98 Å². The highest BCUT2D eigenvalue weighted by Crippen LogP contribution is 2.42. The second-order valence-electron chi connectivity index (χ2n) is 7.99. The number of hydrogen-bond donors (Lipinski definition) is 3. The molecule has 4 aromatic rings. The molecule has 3 heterocycles. The molecule has 5 rings (SSSR count). The second kappa shape index (κ2) is 8.55. The first kappa shape index (κ1) is 23.7. The maximum Gasteiger partial charge on any atom is 0.409 e. The average Bonchev–Trinajstić information content (AvgIpc) is 3.22. The Morgan fingerprint density at radius 3 is 2.39 bits per heavy atom. The van der Waals surface area contributed by atoms with Crippen molar-refractivity contribution in [3.8, 4) is 11.5 Å². The molecule has 1 saturated heterocycles. The van der Waals surface area contributed by atoms with E-state index >= 15 is 0 Å². The molecule has 1 aliphatic rings. The number of carbonyl (C=O) groups is 1. The van der Waals surface area contributed by atoms with Crippen LogP contribution in [0.3, 0.4) is 0 Å². The SMILES string of the molecule is O=C(O)Nc1cc(F)c(Oc2ccnc3c2c(C2(O)COC2)cn3S(=O)(=O)c2ccccc2)c(F)c1. The predicted octanol–water partition coefficient (Wildman–Crippen LogP) is 3.65. The van der Waals surface area contributed by atoms with E-state index in [0.29, 0.717) is 0 Å². The van der Waals surface area contributed by atoms with E-state index in [0.717, 1.165) is 16.1 Å². The van der Waals surface area contributed by atoms with Gasteiger partial charge in [0.15, 0.2) is 23.0 Å². The number of halogens is 2. The minimum Gasteiger partial charge on any atom is -0.465 e. The lowest BCUT2D eigenvalue weighted by atomic mass is 9.92. The van der Waals surface area contributed by atoms with Crippen molar-refractivity contribution in [2.45, 2.75) is 10.5 Å². The van der Waals surface area contributed by atoms with Gasteiger partial charge in [0.1, 0.15) is 11.4 Å². The minimum atomic E-state index is -4.18. The van der Waals surface area contributed by atoms with E-state index in [1.807, 2.05) is 5.32 Å². The summed E-state index contributed by atoms with van der Waals surface area (Å²) in [4.78, 5) is 14.9. The van der Waals surface area contributed by atoms with Gasteiger partial charge in [0.25, 0.3) is 10.0 Å². The summed E-state index contributed by atoms with van der Waals surface area (Å²) >= 11 is 0. The van der Waals surface area contributed by atoms with Crippen molar-refractivity contribution in [1.82, 2.24) is 8.96 Å². The number of nitrogens with zero attached hydrogens (tertiary/aromatic N) is 2. The van der Waals surface area contributed by atoms with Gasteiger partial charge >= 0.3 is 6.09 Å². The Kier molecular flexibility index (Phi) is 5.62. The molecular weight excluding hydrogens is 500 g/mol. The number of carboxylic acid groups (broad SMARTS) is 1. The highest BCUT2D eigenvalue weighted by Gasteiger charge is 2.42. The lowest BCUT2D eigenvalue weighted by Gasteiger charge is -2.36. The number of ether oxygens (including phenoxy) is 2. The van der Waals surface area contributed by atoms with Crippen molar-refractivity contribution in [2.24, 2.45) is 0 Å². The first-order valence-corrected chi connectivity index (χ1v) is 11.8. The number of rotatable bonds is 6. The zero-order valence-electron chi connectivity index (χ0n) is 18.2. The van der Waals surface area contributed by atoms with Crippen molar-refractivity contribution in [1.29, 1.82) is 0 Å². The number of hydrogen-bond acceptors (Lipinski definition) is 7. The third-order valence-electron chi connectivity index (χ3n) is 5.56. The molecule has 0 radical (unpaired) electrons. The van der Waals surface area contributed by atoms with Crippen LogP contribution >= 0.6 is 0 Å². The number of amides is 1. The molecule has 3 N–H and O–H groups in total. The van der Waals surface area contributed by atoms with Crippen molar-refractivity contribution in [2.75, 3.05) is 18.5 Å². The third kappa shape index (κ3) is 3.92. The first-order chi connectivity index (χ1) is 17.1. The van der Waals surface area contributed by atoms with Gasteiger partial charge in [-0.3, -0.25) is 5.32 Å². The summed E-state index contributed by atoms with van der Waals surface area (Å²) in [7, 11) is -4.18. The largest absolute Gasteiger partial charge is 0.465 e. The van der Waals surface area contributed by atoms with Crippen LogP contribution in [0, 0.1) is 11.6 Å². The van der Waals surface area contributed by atoms with Gasteiger partial charge in [-0.25, -0.2) is 30.9 Å². The molecule has 36 heavy (non-hydrogen) atoms. The Morgan fingerprint density at radius 2 is 1.81 bits per heavy atom. The van der Waals surface area contributed by atoms with Gasteiger partial charge in [-0.05, 0) is 18.2 Å². The van der Waals surface area contributed by atoms with Crippen LogP contribution in [0.5, 0.6) is 11.5 Å². The summed E-state index contributed by atoms with van der Waals surface area (Å²) in [5, 5.41) is 21.6. The summed E-state index contributed by atoms with van der Waals surface area (Å²) in [6.45, 7) is -0.297. The van der Waals surface area contributed by atoms with Crippen molar-refractivity contribution < 1.29 is 41.7 Å². The number of pyridine rings is 1. The van der Waals surface area contributed by atoms with Crippen molar-refractivity contribution in [3.05, 3.63) is 78.1 Å². The van der Waals surface area contributed by atoms with Gasteiger partial charge in [0.05, 0.1) is 29.2 Å². The Bertz CT molecular complexity index is 1580. The number of anilines is 1. The van der Waals surface area contributed by atoms with E-state index in [-0.39, 0.29) is 46.1 Å². The molecule has 0 unspecified atom stereocenters. The fourth-order valence-electron chi connectivity index (χ4n) is 3.84. The maximum absolute atomic E-state index is 14.7. The molecule has 1 aliphatic heterocycles. The molecule has 13 heteroatoms. The predicted molar refractivity (Wildman–Crippen MR) is 122 cm³/mol. The van der Waals surface area contributed by atoms with E-state index in [4.69, 9.17) is 14.6 Å². The standard InChI is InChI=1S/C23H17F2N3O7S/c24-16-8-13(27-22(29)30)9-17(25)20(16)35-18-6-7-26-21-19(18)15(23(31)11-34-12-23)10-28(21)36(32,33)14-4-2-1-3-5-14/h1-10,27,31H,11-12H2,(H,29,30). The van der Waals surface area contributed by atoms with Crippen molar-refractivity contribution >= 4 is 32.8 Å². The van der Waals surface area contributed by atoms with Gasteiger partial charge < -0.3 is 19.7 Å². The average molecular weight is 517 g/mol. The molecule has 186 valence electrons. The van der Waals surface area contributed by atoms with E-state index in [1.54, 1.807) is 18.2 Å². The maximum atomic E-state index is 14.7. The summed E-state index contributed by atoms with van der Waals surface area (Å²) < 4.78 is 67.7. The first-order valence-electron chi connectivity index (χ1n) is 10.4. The van der Waals surface area contributed by atoms with Crippen LogP contribution in [0.4, 0.5) is 19.3 Å². The van der Waals surface area contributed by atoms with Gasteiger partial charge in [-0.2, -0.15) is 0 Å². The lowest BCUT2D eigenvalue weighted by Crippen LogP contribution is -2.46. The summed E-state index contributed by atoms with van der Waals surface area (Å²) in [5.41, 5.74) is -2.01. The highest BCUT2D eigenvalue weighted by atomic mass is 32.2. The fraction of sp³-hybridized carbons (Fsp3) is 0.130. The molecule has 2 aromatic heterocycles. The number of nitrogens with one attached hydrogen (secondary N) is 1. The molecule has 10 nitrogen and oxygen atoms in total. The Morgan fingerprint density at radius 1 is 1.14 bits per heavy atom. The molecule has 0 spiro atoms. The van der Waals surface area contributed by atoms with Crippen LogP contribution in [-0.2, 0) is 20.4 Å². The minimum absolute atomic E-state index is 0.00865. The van der Waals surface area contributed by atoms with Crippen LogP contribution in [0.1, 0.15) is 5.56 Å². The molecule has 0 saturated carbocycles. The van der Waals surface area contributed by atoms with Gasteiger partial charge in [0, 0.05) is 30.1 Å². The zero-order valence-corrected chi connectivity index (χ0v) is 19.0. The number of aliphatic hydroxyl groups is 1. The van der Waals surface area contributed by atoms with Crippen molar-refractivity contribution in [3.63, 3.8) is 0 Å². The molecule has 0 aliphatic carbocycles. The number of aromatic nitrogens is 2. The quantitative estimate of drug-likeness (QED) is 0.352. The summed E-state index contributed by atoms with van der Waals surface area (Å²) in [6.07, 6.45) is 0.859. The van der Waals surface area contributed by atoms with Gasteiger partial charge in [-0.1, -0.05) is 18.2 Å². The van der Waals surface area contributed by atoms with E-state index < -0.39 is 39.1 Å². The smallest absolute Gasteiger partial charge is 0.409 e. The van der Waals surface area contributed by atoms with Gasteiger partial charge in [0.2, 0.25) is 0 Å². The van der Waals surface area contributed by atoms with Crippen LogP contribution in [0.2, 0.25) is 0 Å². The molecule has 0 atom stereocenters. The van der Waals surface area contributed by atoms with Gasteiger partial charge in [-0.15, -0.1) is 0 Å². The molecule has 1 amide bonds. The zero-order chi connectivity index (χ0) is 25.7. The second-order valence-corrected chi connectivity index (χ2v) is 9.80. The van der Waals surface area contributed by atoms with Crippen LogP contribution in [0.15, 0.2) is 65.8 Å². The third-order valence-corrected chi connectivity index (χ3v) is 7.23. The highest BCUT2D eigenvalue weighted by molar-refractivity contribution is 7.90. The molecule has 1 fully saturated rings. The van der Waals surface area contributed by atoms with Crippen LogP contribution in [0.25, 0.3) is 11.0 Å². The van der Waals surface area contributed by atoms with Crippen LogP contribution in [-0.4, -0.2) is 46.9 Å². The van der Waals surface area contributed by atoms with E-state index in [9.17, 15) is 27.1 Å². The summed E-state index contributed by atoms with van der Waals surface area (Å²) in [5.74, 6) is -3.48. The lowest BCUT2D eigenvalue weighted by molar-refractivity contribution is -0.183. The Labute approximate surface area is 202 Å². The normalized spacial score (nSPS) is 14.9. The molecular formula is C23H17F2N3O7S. The number of benzene rings is 2. The Hall–Kier alpha value is -4.07. The van der Waals surface area contributed by atoms with Crippen LogP contribution < -0.4 is 10.1 Å². The summed E-state index contributed by atoms with van der Waals surface area (Å²) in [6, 6.07) is 10.2. The Balaban J connectivity index is 1.69. The topological polar surface area (TPSA) is 140 Å². The fourth-order valence-corrected chi connectivity index (χ4v) is 5.18.